The first-order chi connectivity index (χ1) is 13.2. The summed E-state index contributed by atoms with van der Waals surface area (Å²) >= 11 is 0. The van der Waals surface area contributed by atoms with E-state index in [2.05, 4.69) is 43.1 Å². The highest BCUT2D eigenvalue weighted by Crippen LogP contribution is 2.43. The molecule has 0 radical (unpaired) electrons. The first-order valence-corrected chi connectivity index (χ1v) is 9.37. The minimum Gasteiger partial charge on any atom is -0.366 e. The van der Waals surface area contributed by atoms with E-state index in [0.717, 1.165) is 24.2 Å². The molecule has 2 aromatic carbocycles. The Kier molecular flexibility index (Phi) is 5.36. The lowest BCUT2D eigenvalue weighted by Crippen LogP contribution is -2.48. The van der Waals surface area contributed by atoms with Gasteiger partial charge in [0.25, 0.3) is 5.69 Å². The van der Waals surface area contributed by atoms with Crippen LogP contribution in [-0.2, 0) is 0 Å². The van der Waals surface area contributed by atoms with Crippen molar-refractivity contribution in [3.63, 3.8) is 0 Å². The maximum atomic E-state index is 14.7. The summed E-state index contributed by atoms with van der Waals surface area (Å²) in [5, 5.41) is 14.8. The van der Waals surface area contributed by atoms with Crippen LogP contribution in [0.15, 0.2) is 41.5 Å². The molecule has 0 aliphatic carbocycles. The van der Waals surface area contributed by atoms with Gasteiger partial charge in [0, 0.05) is 35.5 Å². The van der Waals surface area contributed by atoms with Crippen LogP contribution in [0.3, 0.4) is 0 Å². The largest absolute Gasteiger partial charge is 0.366 e. The summed E-state index contributed by atoms with van der Waals surface area (Å²) in [5.41, 5.74) is 5.85. The van der Waals surface area contributed by atoms with Crippen molar-refractivity contribution in [3.05, 3.63) is 63.5 Å². The molecule has 3 rings (SSSR count). The van der Waals surface area contributed by atoms with Gasteiger partial charge < -0.3 is 4.90 Å². The molecule has 0 fully saturated rings. The lowest BCUT2D eigenvalue weighted by Gasteiger charge is -2.47. The van der Waals surface area contributed by atoms with Gasteiger partial charge in [0.15, 0.2) is 0 Å². The van der Waals surface area contributed by atoms with E-state index < -0.39 is 4.92 Å². The SMILES string of the molecule is CCN1c2cc(F)c(/C=N\Nc3ccc([N+](=O)[O-])cc3)cc2C(C)CC1(C)C. The fraction of sp³-hybridized carbons (Fsp3) is 0.381. The molecule has 6 nitrogen and oxygen atoms in total. The summed E-state index contributed by atoms with van der Waals surface area (Å²) in [6.45, 7) is 9.46. The number of nitrogens with one attached hydrogen (secondary N) is 1. The monoisotopic (exact) mass is 384 g/mol. The van der Waals surface area contributed by atoms with Crippen LogP contribution in [0.1, 0.15) is 51.2 Å². The van der Waals surface area contributed by atoms with Crippen LogP contribution < -0.4 is 10.3 Å². The van der Waals surface area contributed by atoms with E-state index >= 15 is 0 Å². The summed E-state index contributed by atoms with van der Waals surface area (Å²) in [7, 11) is 0. The topological polar surface area (TPSA) is 70.8 Å². The fourth-order valence-corrected chi connectivity index (χ4v) is 4.05. The van der Waals surface area contributed by atoms with Crippen molar-refractivity contribution in [2.75, 3.05) is 16.9 Å². The van der Waals surface area contributed by atoms with Crippen molar-refractivity contribution < 1.29 is 9.31 Å². The van der Waals surface area contributed by atoms with Crippen molar-refractivity contribution in [2.24, 2.45) is 5.10 Å². The predicted molar refractivity (Wildman–Crippen MR) is 111 cm³/mol. The summed E-state index contributed by atoms with van der Waals surface area (Å²) in [5.74, 6) is -0.000434. The van der Waals surface area contributed by atoms with Gasteiger partial charge in [-0.2, -0.15) is 5.10 Å². The molecule has 7 heteroatoms. The number of hydrogen-bond acceptors (Lipinski definition) is 5. The first-order valence-electron chi connectivity index (χ1n) is 9.37. The smallest absolute Gasteiger partial charge is 0.269 e. The Hall–Kier alpha value is -2.96. The molecule has 1 N–H and O–H groups in total. The minimum absolute atomic E-state index is 0.00708. The molecule has 1 atom stereocenters. The van der Waals surface area contributed by atoms with Crippen LogP contribution in [0.2, 0.25) is 0 Å². The Balaban J connectivity index is 1.83. The maximum absolute atomic E-state index is 14.7. The number of nitrogens with zero attached hydrogens (tertiary/aromatic N) is 3. The van der Waals surface area contributed by atoms with Gasteiger partial charge in [0.05, 0.1) is 16.8 Å². The molecule has 0 aromatic heterocycles. The highest BCUT2D eigenvalue weighted by molar-refractivity contribution is 5.83. The summed E-state index contributed by atoms with van der Waals surface area (Å²) in [6.07, 6.45) is 2.44. The number of non-ortho nitro benzene ring substituents is 1. The maximum Gasteiger partial charge on any atom is 0.269 e. The normalized spacial score (nSPS) is 18.2. The summed E-state index contributed by atoms with van der Waals surface area (Å²) in [6, 6.07) is 9.36. The Labute approximate surface area is 164 Å². The molecule has 1 heterocycles. The van der Waals surface area contributed by atoms with E-state index in [9.17, 15) is 14.5 Å². The van der Waals surface area contributed by atoms with Crippen molar-refractivity contribution in [1.82, 2.24) is 0 Å². The van der Waals surface area contributed by atoms with Crippen LogP contribution in [0.4, 0.5) is 21.5 Å². The molecule has 148 valence electrons. The third kappa shape index (κ3) is 3.83. The van der Waals surface area contributed by atoms with E-state index in [1.54, 1.807) is 18.2 Å². The van der Waals surface area contributed by atoms with Crippen molar-refractivity contribution >= 4 is 23.3 Å². The van der Waals surface area contributed by atoms with Gasteiger partial charge in [-0.1, -0.05) is 6.92 Å². The van der Waals surface area contributed by atoms with Crippen LogP contribution in [0.5, 0.6) is 0 Å². The van der Waals surface area contributed by atoms with E-state index in [1.807, 2.05) is 6.07 Å². The minimum atomic E-state index is -0.461. The van der Waals surface area contributed by atoms with Gasteiger partial charge in [0.1, 0.15) is 5.82 Å². The number of rotatable bonds is 5. The predicted octanol–water partition coefficient (Wildman–Crippen LogP) is 5.29. The third-order valence-corrected chi connectivity index (χ3v) is 5.30. The summed E-state index contributed by atoms with van der Waals surface area (Å²) in [4.78, 5) is 12.5. The van der Waals surface area contributed by atoms with Crippen molar-refractivity contribution in [2.45, 2.75) is 45.6 Å². The Bertz CT molecular complexity index is 909. The van der Waals surface area contributed by atoms with E-state index in [0.29, 0.717) is 17.2 Å². The zero-order valence-corrected chi connectivity index (χ0v) is 16.6. The van der Waals surface area contributed by atoms with Crippen LogP contribution in [0.25, 0.3) is 0 Å². The van der Waals surface area contributed by atoms with Crippen LogP contribution in [-0.4, -0.2) is 23.2 Å². The molecular formula is C21H25FN4O2. The lowest BCUT2D eigenvalue weighted by molar-refractivity contribution is -0.384. The number of benzene rings is 2. The number of nitro benzene ring substituents is 1. The molecular weight excluding hydrogens is 359 g/mol. The highest BCUT2D eigenvalue weighted by atomic mass is 19.1. The molecule has 0 saturated heterocycles. The Morgan fingerprint density at radius 1 is 1.36 bits per heavy atom. The van der Waals surface area contributed by atoms with Gasteiger partial charge in [-0.3, -0.25) is 15.5 Å². The number of hydrogen-bond donors (Lipinski definition) is 1. The van der Waals surface area contributed by atoms with E-state index in [-0.39, 0.29) is 17.0 Å². The standard InChI is InChI=1S/C21H25FN4O2/c1-5-25-20-11-19(22)15(10-18(20)14(2)12-21(25,3)4)13-23-24-16-6-8-17(9-7-16)26(27)28/h6-11,13-14,24H,5,12H2,1-4H3/b23-13-. The van der Waals surface area contributed by atoms with Crippen LogP contribution >= 0.6 is 0 Å². The number of hydrazone groups is 1. The first kappa shape index (κ1) is 19.8. The Morgan fingerprint density at radius 2 is 2.04 bits per heavy atom. The molecule has 2 aromatic rings. The quantitative estimate of drug-likeness (QED) is 0.432. The second kappa shape index (κ2) is 7.58. The average Bonchev–Trinajstić information content (AvgIpc) is 2.62. The number of halogens is 1. The lowest BCUT2D eigenvalue weighted by atomic mass is 9.79. The molecule has 0 spiro atoms. The third-order valence-electron chi connectivity index (χ3n) is 5.30. The molecule has 28 heavy (non-hydrogen) atoms. The van der Waals surface area contributed by atoms with Gasteiger partial charge in [-0.05, 0) is 62.9 Å². The average molecular weight is 384 g/mol. The molecule has 1 aliphatic heterocycles. The number of anilines is 2. The van der Waals surface area contributed by atoms with E-state index in [1.165, 1.54) is 18.3 Å². The van der Waals surface area contributed by atoms with E-state index in [4.69, 9.17) is 0 Å². The van der Waals surface area contributed by atoms with Crippen LogP contribution in [0, 0.1) is 15.9 Å². The van der Waals surface area contributed by atoms with Gasteiger partial charge in [0.2, 0.25) is 0 Å². The second-order valence-electron chi connectivity index (χ2n) is 7.77. The molecule has 0 amide bonds. The van der Waals surface area contributed by atoms with Gasteiger partial charge in [-0.15, -0.1) is 0 Å². The molecule has 1 unspecified atom stereocenters. The molecule has 0 saturated carbocycles. The second-order valence-corrected chi connectivity index (χ2v) is 7.77. The fourth-order valence-electron chi connectivity index (χ4n) is 4.05. The molecule has 1 aliphatic rings. The van der Waals surface area contributed by atoms with Crippen molar-refractivity contribution in [3.8, 4) is 0 Å². The summed E-state index contributed by atoms with van der Waals surface area (Å²) < 4.78 is 14.7. The number of fused-ring (bicyclic) bond motifs is 1. The zero-order chi connectivity index (χ0) is 20.5. The highest BCUT2D eigenvalue weighted by Gasteiger charge is 2.36. The van der Waals surface area contributed by atoms with Crippen molar-refractivity contribution in [1.29, 1.82) is 0 Å². The Morgan fingerprint density at radius 3 is 2.64 bits per heavy atom. The number of nitro groups is 1. The van der Waals surface area contributed by atoms with Gasteiger partial charge >= 0.3 is 0 Å². The zero-order valence-electron chi connectivity index (χ0n) is 16.6. The molecule has 0 bridgehead atoms. The van der Waals surface area contributed by atoms with Gasteiger partial charge in [-0.25, -0.2) is 4.39 Å².